The van der Waals surface area contributed by atoms with E-state index in [-0.39, 0.29) is 19.0 Å². The Balaban J connectivity index is 2.61. The number of amides is 2. The lowest BCUT2D eigenvalue weighted by Gasteiger charge is -2.23. The standard InChI is InChI=1S/C12H16N2O4S/c1-3-14(7-10(15)16)12(18)8(2)13-11(17)9-5-4-6-19-9/h4-6,8H,3,7H2,1-2H3,(H,13,17)(H,15,16). The van der Waals surface area contributed by atoms with Crippen LogP contribution in [-0.2, 0) is 9.59 Å². The predicted octanol–water partition coefficient (Wildman–Crippen LogP) is 0.800. The van der Waals surface area contributed by atoms with E-state index < -0.39 is 17.9 Å². The van der Waals surface area contributed by atoms with Crippen LogP contribution >= 0.6 is 11.3 Å². The van der Waals surface area contributed by atoms with E-state index in [1.54, 1.807) is 31.4 Å². The molecule has 1 heterocycles. The van der Waals surface area contributed by atoms with Crippen LogP contribution in [0.15, 0.2) is 17.5 Å². The summed E-state index contributed by atoms with van der Waals surface area (Å²) in [6.07, 6.45) is 0. The molecule has 0 saturated carbocycles. The average Bonchev–Trinajstić information content (AvgIpc) is 2.88. The van der Waals surface area contributed by atoms with Gasteiger partial charge in [0.15, 0.2) is 0 Å². The molecule has 0 fully saturated rings. The Labute approximate surface area is 115 Å². The van der Waals surface area contributed by atoms with Gasteiger partial charge in [-0.3, -0.25) is 14.4 Å². The van der Waals surface area contributed by atoms with Crippen LogP contribution in [0.2, 0.25) is 0 Å². The molecule has 0 bridgehead atoms. The number of carbonyl (C=O) groups excluding carboxylic acids is 2. The number of hydrogen-bond acceptors (Lipinski definition) is 4. The molecule has 0 radical (unpaired) electrons. The number of nitrogens with one attached hydrogen (secondary N) is 1. The monoisotopic (exact) mass is 284 g/mol. The molecule has 0 aliphatic carbocycles. The zero-order valence-electron chi connectivity index (χ0n) is 10.8. The topological polar surface area (TPSA) is 86.7 Å². The third-order valence-electron chi connectivity index (χ3n) is 2.48. The van der Waals surface area contributed by atoms with Crippen molar-refractivity contribution in [3.05, 3.63) is 22.4 Å². The Hall–Kier alpha value is -1.89. The number of rotatable bonds is 6. The van der Waals surface area contributed by atoms with Crippen molar-refractivity contribution in [1.82, 2.24) is 10.2 Å². The molecule has 1 aromatic rings. The number of carboxylic acids is 1. The fourth-order valence-electron chi connectivity index (χ4n) is 1.52. The minimum atomic E-state index is -1.08. The average molecular weight is 284 g/mol. The molecule has 2 N–H and O–H groups in total. The van der Waals surface area contributed by atoms with Gasteiger partial charge < -0.3 is 15.3 Å². The zero-order chi connectivity index (χ0) is 14.4. The van der Waals surface area contributed by atoms with E-state index in [4.69, 9.17) is 5.11 Å². The Morgan fingerprint density at radius 2 is 2.16 bits per heavy atom. The fourth-order valence-corrected chi connectivity index (χ4v) is 2.15. The van der Waals surface area contributed by atoms with Gasteiger partial charge in [-0.1, -0.05) is 6.07 Å². The lowest BCUT2D eigenvalue weighted by molar-refractivity contribution is -0.144. The minimum Gasteiger partial charge on any atom is -0.480 e. The van der Waals surface area contributed by atoms with E-state index in [1.165, 1.54) is 16.2 Å². The summed E-state index contributed by atoms with van der Waals surface area (Å²) in [5.41, 5.74) is 0. The molecular formula is C12H16N2O4S. The van der Waals surface area contributed by atoms with Gasteiger partial charge in [0.25, 0.3) is 5.91 Å². The molecule has 7 heteroatoms. The second kappa shape index (κ2) is 6.89. The van der Waals surface area contributed by atoms with Crippen LogP contribution in [0.1, 0.15) is 23.5 Å². The first kappa shape index (κ1) is 15.2. The maximum absolute atomic E-state index is 12.0. The van der Waals surface area contributed by atoms with Gasteiger partial charge in [-0.05, 0) is 25.3 Å². The first-order valence-electron chi connectivity index (χ1n) is 5.80. The summed E-state index contributed by atoms with van der Waals surface area (Å²) in [5.74, 6) is -1.82. The smallest absolute Gasteiger partial charge is 0.323 e. The molecule has 6 nitrogen and oxygen atoms in total. The summed E-state index contributed by atoms with van der Waals surface area (Å²) >= 11 is 1.28. The lowest BCUT2D eigenvalue weighted by Crippen LogP contribution is -2.48. The first-order chi connectivity index (χ1) is 8.95. The Bertz CT molecular complexity index is 458. The van der Waals surface area contributed by atoms with Crippen LogP contribution in [0, 0.1) is 0 Å². The Morgan fingerprint density at radius 1 is 1.47 bits per heavy atom. The number of likely N-dealkylation sites (N-methyl/N-ethyl adjacent to an activating group) is 1. The van der Waals surface area contributed by atoms with E-state index in [2.05, 4.69) is 5.32 Å². The molecule has 1 aromatic heterocycles. The quantitative estimate of drug-likeness (QED) is 0.809. The van der Waals surface area contributed by atoms with Gasteiger partial charge in [0.05, 0.1) is 4.88 Å². The third kappa shape index (κ3) is 4.36. The molecule has 2 amide bonds. The normalized spacial score (nSPS) is 11.7. The highest BCUT2D eigenvalue weighted by Crippen LogP contribution is 2.08. The van der Waals surface area contributed by atoms with Crippen molar-refractivity contribution >= 4 is 29.1 Å². The number of thiophene rings is 1. The molecule has 0 spiro atoms. The van der Waals surface area contributed by atoms with Crippen LogP contribution in [-0.4, -0.2) is 46.9 Å². The molecule has 19 heavy (non-hydrogen) atoms. The summed E-state index contributed by atoms with van der Waals surface area (Å²) in [5, 5.41) is 13.0. The SMILES string of the molecule is CCN(CC(=O)O)C(=O)C(C)NC(=O)c1cccs1. The van der Waals surface area contributed by atoms with Crippen LogP contribution in [0.25, 0.3) is 0 Å². The van der Waals surface area contributed by atoms with Gasteiger partial charge in [-0.25, -0.2) is 0 Å². The number of nitrogens with zero attached hydrogens (tertiary/aromatic N) is 1. The molecular weight excluding hydrogens is 268 g/mol. The molecule has 1 atom stereocenters. The van der Waals surface area contributed by atoms with Crippen molar-refractivity contribution in [2.75, 3.05) is 13.1 Å². The third-order valence-corrected chi connectivity index (χ3v) is 3.35. The highest BCUT2D eigenvalue weighted by Gasteiger charge is 2.23. The maximum Gasteiger partial charge on any atom is 0.323 e. The van der Waals surface area contributed by atoms with E-state index in [0.717, 1.165) is 0 Å². The number of hydrogen-bond donors (Lipinski definition) is 2. The molecule has 0 saturated heterocycles. The highest BCUT2D eigenvalue weighted by atomic mass is 32.1. The fraction of sp³-hybridized carbons (Fsp3) is 0.417. The molecule has 104 valence electrons. The molecule has 0 aromatic carbocycles. The minimum absolute atomic E-state index is 0.282. The van der Waals surface area contributed by atoms with Gasteiger partial charge in [0.1, 0.15) is 12.6 Å². The van der Waals surface area contributed by atoms with Crippen molar-refractivity contribution in [3.8, 4) is 0 Å². The van der Waals surface area contributed by atoms with Crippen molar-refractivity contribution in [2.24, 2.45) is 0 Å². The number of carboxylic acid groups (broad SMARTS) is 1. The van der Waals surface area contributed by atoms with Gasteiger partial charge in [0.2, 0.25) is 5.91 Å². The van der Waals surface area contributed by atoms with Crippen LogP contribution in [0.3, 0.4) is 0 Å². The van der Waals surface area contributed by atoms with E-state index in [9.17, 15) is 14.4 Å². The largest absolute Gasteiger partial charge is 0.480 e. The van der Waals surface area contributed by atoms with Gasteiger partial charge in [0, 0.05) is 6.54 Å². The molecule has 1 unspecified atom stereocenters. The summed E-state index contributed by atoms with van der Waals surface area (Å²) in [4.78, 5) is 36.1. The predicted molar refractivity (Wildman–Crippen MR) is 71.1 cm³/mol. The van der Waals surface area contributed by atoms with Crippen LogP contribution < -0.4 is 5.32 Å². The summed E-state index contributed by atoms with van der Waals surface area (Å²) in [7, 11) is 0. The Kier molecular flexibility index (Phi) is 5.50. The van der Waals surface area contributed by atoms with Crippen molar-refractivity contribution < 1.29 is 19.5 Å². The molecule has 0 aliphatic heterocycles. The molecule has 0 aliphatic rings. The van der Waals surface area contributed by atoms with Crippen LogP contribution in [0.4, 0.5) is 0 Å². The van der Waals surface area contributed by atoms with E-state index in [0.29, 0.717) is 4.88 Å². The van der Waals surface area contributed by atoms with Crippen LogP contribution in [0.5, 0.6) is 0 Å². The summed E-state index contributed by atoms with van der Waals surface area (Å²) in [6.45, 7) is 3.14. The first-order valence-corrected chi connectivity index (χ1v) is 6.68. The summed E-state index contributed by atoms with van der Waals surface area (Å²) < 4.78 is 0. The van der Waals surface area contributed by atoms with Crippen molar-refractivity contribution in [3.63, 3.8) is 0 Å². The van der Waals surface area contributed by atoms with Gasteiger partial charge >= 0.3 is 5.97 Å². The number of aliphatic carboxylic acids is 1. The van der Waals surface area contributed by atoms with E-state index in [1.807, 2.05) is 0 Å². The van der Waals surface area contributed by atoms with Crippen molar-refractivity contribution in [2.45, 2.75) is 19.9 Å². The highest BCUT2D eigenvalue weighted by molar-refractivity contribution is 7.12. The van der Waals surface area contributed by atoms with E-state index >= 15 is 0 Å². The van der Waals surface area contributed by atoms with Crippen molar-refractivity contribution in [1.29, 1.82) is 0 Å². The Morgan fingerprint density at radius 3 is 2.63 bits per heavy atom. The molecule has 1 rings (SSSR count). The summed E-state index contributed by atoms with van der Waals surface area (Å²) in [6, 6.07) is 2.65. The second-order valence-corrected chi connectivity index (χ2v) is 4.87. The number of carbonyl (C=O) groups is 3. The zero-order valence-corrected chi connectivity index (χ0v) is 11.6. The van der Waals surface area contributed by atoms with Gasteiger partial charge in [-0.15, -0.1) is 11.3 Å². The lowest BCUT2D eigenvalue weighted by atomic mass is 10.2. The second-order valence-electron chi connectivity index (χ2n) is 3.92. The van der Waals surface area contributed by atoms with Gasteiger partial charge in [-0.2, -0.15) is 0 Å². The maximum atomic E-state index is 12.0.